The van der Waals surface area contributed by atoms with Crippen LogP contribution in [0.25, 0.3) is 10.9 Å². The molecular formula is C12H8ClN5O2S. The minimum Gasteiger partial charge on any atom is -0.480 e. The highest BCUT2D eigenvalue weighted by Gasteiger charge is 2.13. The average Bonchev–Trinajstić information content (AvgIpc) is 2.85. The number of benzene rings is 1. The second-order valence-electron chi connectivity index (χ2n) is 4.09. The number of carboxylic acid groups (broad SMARTS) is 1. The second kappa shape index (κ2) is 5.66. The zero-order chi connectivity index (χ0) is 14.8. The van der Waals surface area contributed by atoms with Gasteiger partial charge in [0.25, 0.3) is 0 Å². The van der Waals surface area contributed by atoms with Gasteiger partial charge in [-0.15, -0.1) is 5.10 Å². The quantitative estimate of drug-likeness (QED) is 0.786. The average molecular weight is 322 g/mol. The summed E-state index contributed by atoms with van der Waals surface area (Å²) in [6, 6.07) is 7.22. The number of halogens is 1. The van der Waals surface area contributed by atoms with Crippen LogP contribution in [0.5, 0.6) is 0 Å². The molecule has 106 valence electrons. The smallest absolute Gasteiger partial charge is 0.325 e. The molecule has 0 aliphatic heterocycles. The molecule has 0 saturated carbocycles. The Hall–Kier alpha value is -2.19. The maximum Gasteiger partial charge on any atom is 0.325 e. The number of aromatic nitrogens is 5. The Labute approximate surface area is 127 Å². The molecule has 0 aliphatic rings. The molecule has 0 saturated heterocycles. The van der Waals surface area contributed by atoms with E-state index in [9.17, 15) is 4.79 Å². The molecule has 0 aliphatic carbocycles. The van der Waals surface area contributed by atoms with Gasteiger partial charge >= 0.3 is 5.97 Å². The predicted octanol–water partition coefficient (Wildman–Crippen LogP) is 2.11. The summed E-state index contributed by atoms with van der Waals surface area (Å²) < 4.78 is 1.23. The van der Waals surface area contributed by atoms with E-state index in [0.29, 0.717) is 10.2 Å². The first-order valence-corrected chi connectivity index (χ1v) is 7.03. The molecule has 9 heteroatoms. The van der Waals surface area contributed by atoms with Gasteiger partial charge in [0.15, 0.2) is 0 Å². The van der Waals surface area contributed by atoms with Gasteiger partial charge in [-0.2, -0.15) is 0 Å². The molecule has 2 heterocycles. The summed E-state index contributed by atoms with van der Waals surface area (Å²) in [5, 5.41) is 21.8. The number of aliphatic carboxylic acids is 1. The Morgan fingerprint density at radius 2 is 2.24 bits per heavy atom. The summed E-state index contributed by atoms with van der Waals surface area (Å²) in [4.78, 5) is 15.9. The van der Waals surface area contributed by atoms with Gasteiger partial charge in [0.05, 0.1) is 5.52 Å². The van der Waals surface area contributed by atoms with E-state index in [1.54, 1.807) is 18.3 Å². The number of nitrogens with zero attached hydrogens (tertiary/aromatic N) is 5. The number of tetrazole rings is 1. The van der Waals surface area contributed by atoms with Crippen molar-refractivity contribution in [3.05, 3.63) is 35.5 Å². The molecular weight excluding hydrogens is 314 g/mol. The summed E-state index contributed by atoms with van der Waals surface area (Å²) in [5.41, 5.74) is 0.754. The van der Waals surface area contributed by atoms with Crippen LogP contribution in [0.3, 0.4) is 0 Å². The molecule has 0 radical (unpaired) electrons. The standard InChI is InChI=1S/C12H8ClN5O2S/c13-7-1-2-8-9(5-7)14-4-3-10(8)21-12-15-16-17-18(12)6-11(19)20/h1-5H,6H2,(H,19,20). The summed E-state index contributed by atoms with van der Waals surface area (Å²) in [6.07, 6.45) is 1.66. The first-order valence-electron chi connectivity index (χ1n) is 5.83. The van der Waals surface area contributed by atoms with Gasteiger partial charge in [-0.05, 0) is 40.4 Å². The first-order chi connectivity index (χ1) is 10.1. The van der Waals surface area contributed by atoms with Crippen LogP contribution in [0, 0.1) is 0 Å². The number of carboxylic acids is 1. The lowest BCUT2D eigenvalue weighted by Crippen LogP contribution is -2.11. The van der Waals surface area contributed by atoms with Crippen molar-refractivity contribution in [1.29, 1.82) is 0 Å². The van der Waals surface area contributed by atoms with Crippen LogP contribution in [0.1, 0.15) is 0 Å². The highest BCUT2D eigenvalue weighted by Crippen LogP contribution is 2.32. The normalized spacial score (nSPS) is 10.9. The van der Waals surface area contributed by atoms with E-state index >= 15 is 0 Å². The lowest BCUT2D eigenvalue weighted by Gasteiger charge is -2.05. The Morgan fingerprint density at radius 3 is 3.05 bits per heavy atom. The zero-order valence-electron chi connectivity index (χ0n) is 10.5. The van der Waals surface area contributed by atoms with Crippen LogP contribution in [0.15, 0.2) is 40.5 Å². The number of carbonyl (C=O) groups is 1. The van der Waals surface area contributed by atoms with Crippen molar-refractivity contribution in [2.45, 2.75) is 16.6 Å². The highest BCUT2D eigenvalue weighted by molar-refractivity contribution is 7.99. The number of fused-ring (bicyclic) bond motifs is 1. The van der Waals surface area contributed by atoms with E-state index in [2.05, 4.69) is 20.5 Å². The van der Waals surface area contributed by atoms with Gasteiger partial charge < -0.3 is 5.11 Å². The molecule has 0 spiro atoms. The highest BCUT2D eigenvalue weighted by atomic mass is 35.5. The van der Waals surface area contributed by atoms with Crippen LogP contribution in [0.4, 0.5) is 0 Å². The maximum atomic E-state index is 10.8. The Morgan fingerprint density at radius 1 is 1.38 bits per heavy atom. The van der Waals surface area contributed by atoms with Gasteiger partial charge in [0.1, 0.15) is 6.54 Å². The van der Waals surface area contributed by atoms with Crippen LogP contribution in [0.2, 0.25) is 5.02 Å². The van der Waals surface area contributed by atoms with E-state index in [1.807, 2.05) is 12.1 Å². The monoisotopic (exact) mass is 321 g/mol. The number of hydrogen-bond donors (Lipinski definition) is 1. The fourth-order valence-corrected chi connectivity index (χ4v) is 2.84. The van der Waals surface area contributed by atoms with Crippen LogP contribution < -0.4 is 0 Å². The first kappa shape index (κ1) is 13.8. The molecule has 2 aromatic heterocycles. The number of hydrogen-bond acceptors (Lipinski definition) is 6. The van der Waals surface area contributed by atoms with Crippen molar-refractivity contribution < 1.29 is 9.90 Å². The number of rotatable bonds is 4. The molecule has 21 heavy (non-hydrogen) atoms. The second-order valence-corrected chi connectivity index (χ2v) is 5.53. The summed E-state index contributed by atoms with van der Waals surface area (Å²) in [5.74, 6) is -1.00. The third kappa shape index (κ3) is 2.96. The molecule has 0 atom stereocenters. The molecule has 7 nitrogen and oxygen atoms in total. The van der Waals surface area contributed by atoms with E-state index in [4.69, 9.17) is 16.7 Å². The van der Waals surface area contributed by atoms with Crippen molar-refractivity contribution >= 4 is 40.2 Å². The molecule has 1 aromatic carbocycles. The molecule has 0 amide bonds. The summed E-state index contributed by atoms with van der Waals surface area (Å²) >= 11 is 7.23. The molecule has 0 unspecified atom stereocenters. The van der Waals surface area contributed by atoms with Crippen molar-refractivity contribution in [3.8, 4) is 0 Å². The van der Waals surface area contributed by atoms with Gasteiger partial charge in [-0.3, -0.25) is 9.78 Å². The predicted molar refractivity (Wildman–Crippen MR) is 76.3 cm³/mol. The number of pyridine rings is 1. The topological polar surface area (TPSA) is 93.8 Å². The zero-order valence-corrected chi connectivity index (χ0v) is 12.0. The Kier molecular flexibility index (Phi) is 3.72. The van der Waals surface area contributed by atoms with Gasteiger partial charge in [-0.1, -0.05) is 17.7 Å². The van der Waals surface area contributed by atoms with E-state index in [0.717, 1.165) is 15.8 Å². The van der Waals surface area contributed by atoms with E-state index in [-0.39, 0.29) is 6.54 Å². The minimum absolute atomic E-state index is 0.288. The van der Waals surface area contributed by atoms with Crippen molar-refractivity contribution in [1.82, 2.24) is 25.2 Å². The molecule has 0 bridgehead atoms. The van der Waals surface area contributed by atoms with Crippen LogP contribution >= 0.6 is 23.4 Å². The van der Waals surface area contributed by atoms with E-state index < -0.39 is 5.97 Å². The van der Waals surface area contributed by atoms with Gasteiger partial charge in [0.2, 0.25) is 5.16 Å². The van der Waals surface area contributed by atoms with Crippen molar-refractivity contribution in [2.75, 3.05) is 0 Å². The Balaban J connectivity index is 1.99. The SMILES string of the molecule is O=C(O)Cn1nnnc1Sc1ccnc2cc(Cl)ccc12. The van der Waals surface area contributed by atoms with Gasteiger partial charge in [-0.25, -0.2) is 4.68 Å². The third-order valence-electron chi connectivity index (χ3n) is 2.65. The largest absolute Gasteiger partial charge is 0.480 e. The molecule has 3 rings (SSSR count). The van der Waals surface area contributed by atoms with Crippen LogP contribution in [-0.4, -0.2) is 36.3 Å². The summed E-state index contributed by atoms with van der Waals surface area (Å²) in [6.45, 7) is -0.288. The Bertz CT molecular complexity index is 822. The van der Waals surface area contributed by atoms with E-state index in [1.165, 1.54) is 16.4 Å². The molecule has 0 fully saturated rings. The molecule has 3 aromatic rings. The van der Waals surface area contributed by atoms with Gasteiger partial charge in [0, 0.05) is 21.5 Å². The fourth-order valence-electron chi connectivity index (χ4n) is 1.78. The maximum absolute atomic E-state index is 10.8. The fraction of sp³-hybridized carbons (Fsp3) is 0.0833. The van der Waals surface area contributed by atoms with Crippen molar-refractivity contribution in [2.24, 2.45) is 0 Å². The molecule has 1 N–H and O–H groups in total. The summed E-state index contributed by atoms with van der Waals surface area (Å²) in [7, 11) is 0. The minimum atomic E-state index is -1.00. The van der Waals surface area contributed by atoms with Crippen molar-refractivity contribution in [3.63, 3.8) is 0 Å². The lowest BCUT2D eigenvalue weighted by molar-refractivity contribution is -0.138. The third-order valence-corrected chi connectivity index (χ3v) is 3.94. The van der Waals surface area contributed by atoms with Crippen LogP contribution in [-0.2, 0) is 11.3 Å². The lowest BCUT2D eigenvalue weighted by atomic mass is 10.2.